The fraction of sp³-hybridized carbons (Fsp3) is 0.462. The van der Waals surface area contributed by atoms with Crippen LogP contribution in [0.2, 0.25) is 0 Å². The first-order valence-electron chi connectivity index (χ1n) is 6.06. The molecule has 1 aliphatic rings. The molecule has 0 aromatic heterocycles. The number of aliphatic hydroxyl groups is 1. The maximum absolute atomic E-state index is 14.6. The molecule has 0 bridgehead atoms. The molecule has 1 heterocycles. The Kier molecular flexibility index (Phi) is 3.77. The van der Waals surface area contributed by atoms with E-state index in [0.29, 0.717) is 5.69 Å². The molecule has 7 heteroatoms. The summed E-state index contributed by atoms with van der Waals surface area (Å²) in [6.07, 6.45) is 0. The molecule has 20 heavy (non-hydrogen) atoms. The zero-order valence-corrected chi connectivity index (χ0v) is 11.0. The fourth-order valence-corrected chi connectivity index (χ4v) is 2.29. The Hall–Kier alpha value is -1.57. The predicted molar refractivity (Wildman–Crippen MR) is 68.3 cm³/mol. The summed E-state index contributed by atoms with van der Waals surface area (Å²) in [6, 6.07) is 3.69. The Morgan fingerprint density at radius 3 is 2.85 bits per heavy atom. The summed E-state index contributed by atoms with van der Waals surface area (Å²) in [5.74, 6) is -1.06. The highest BCUT2D eigenvalue weighted by Crippen LogP contribution is 2.41. The standard InChI is InChI=1S/C13H16F2N2O3/c1-8(19)17-9-2-3-11(14)10(4-9)13(16)7-20-6-12(13,15)5-18/h2-4,18H,5-7,16H2,1H3,(H,17,19)/t12-,13-/m0/s1. The number of ether oxygens (including phenoxy) is 1. The summed E-state index contributed by atoms with van der Waals surface area (Å²) in [5, 5.41) is 11.7. The molecule has 1 aromatic rings. The van der Waals surface area contributed by atoms with Gasteiger partial charge >= 0.3 is 0 Å². The zero-order chi connectivity index (χ0) is 15.0. The molecule has 2 atom stereocenters. The molecule has 0 aliphatic carbocycles. The third kappa shape index (κ3) is 2.28. The molecule has 1 aliphatic heterocycles. The van der Waals surface area contributed by atoms with Gasteiger partial charge in [-0.25, -0.2) is 8.78 Å². The first kappa shape index (κ1) is 14.8. The van der Waals surface area contributed by atoms with E-state index in [1.807, 2.05) is 0 Å². The van der Waals surface area contributed by atoms with Crippen molar-refractivity contribution in [1.29, 1.82) is 0 Å². The number of hydrogen-bond acceptors (Lipinski definition) is 4. The average molecular weight is 286 g/mol. The van der Waals surface area contributed by atoms with Crippen molar-refractivity contribution in [3.63, 3.8) is 0 Å². The summed E-state index contributed by atoms with van der Waals surface area (Å²) in [6.45, 7) is -0.255. The van der Waals surface area contributed by atoms with Crippen LogP contribution in [-0.4, -0.2) is 36.5 Å². The van der Waals surface area contributed by atoms with Gasteiger partial charge in [0.15, 0.2) is 5.67 Å². The Morgan fingerprint density at radius 1 is 1.55 bits per heavy atom. The summed E-state index contributed by atoms with van der Waals surface area (Å²) < 4.78 is 33.6. The molecule has 0 spiro atoms. The maximum atomic E-state index is 14.6. The molecule has 1 saturated heterocycles. The lowest BCUT2D eigenvalue weighted by atomic mass is 9.79. The van der Waals surface area contributed by atoms with Crippen LogP contribution in [0.4, 0.5) is 14.5 Å². The molecule has 1 fully saturated rings. The molecule has 110 valence electrons. The smallest absolute Gasteiger partial charge is 0.221 e. The molecule has 0 saturated carbocycles. The van der Waals surface area contributed by atoms with Crippen molar-refractivity contribution in [2.24, 2.45) is 5.73 Å². The van der Waals surface area contributed by atoms with Gasteiger partial charge in [0.05, 0.1) is 19.8 Å². The minimum Gasteiger partial charge on any atom is -0.393 e. The number of hydrogen-bond donors (Lipinski definition) is 3. The van der Waals surface area contributed by atoms with Gasteiger partial charge < -0.3 is 20.9 Å². The fourth-order valence-electron chi connectivity index (χ4n) is 2.29. The van der Waals surface area contributed by atoms with E-state index in [1.165, 1.54) is 19.1 Å². The number of carbonyl (C=O) groups excluding carboxylic acids is 1. The van der Waals surface area contributed by atoms with Gasteiger partial charge in [0, 0.05) is 18.2 Å². The van der Waals surface area contributed by atoms with E-state index < -0.39 is 30.2 Å². The van der Waals surface area contributed by atoms with E-state index in [4.69, 9.17) is 10.5 Å². The second-order valence-electron chi connectivity index (χ2n) is 4.96. The van der Waals surface area contributed by atoms with Crippen LogP contribution in [0.5, 0.6) is 0 Å². The molecule has 0 unspecified atom stereocenters. The first-order valence-corrected chi connectivity index (χ1v) is 6.06. The molecule has 5 nitrogen and oxygen atoms in total. The van der Waals surface area contributed by atoms with Gasteiger partial charge in [-0.3, -0.25) is 4.79 Å². The van der Waals surface area contributed by atoms with Crippen LogP contribution in [0, 0.1) is 5.82 Å². The van der Waals surface area contributed by atoms with E-state index in [2.05, 4.69) is 5.32 Å². The molecular formula is C13H16F2N2O3. The normalized spacial score (nSPS) is 29.4. The third-order valence-corrected chi connectivity index (χ3v) is 3.48. The number of rotatable bonds is 3. The average Bonchev–Trinajstić information content (AvgIpc) is 2.69. The number of halogens is 2. The van der Waals surface area contributed by atoms with E-state index in [9.17, 15) is 18.7 Å². The quantitative estimate of drug-likeness (QED) is 0.762. The number of carbonyl (C=O) groups is 1. The topological polar surface area (TPSA) is 84.6 Å². The van der Waals surface area contributed by atoms with Crippen molar-refractivity contribution in [3.05, 3.63) is 29.6 Å². The Bertz CT molecular complexity index is 540. The largest absolute Gasteiger partial charge is 0.393 e. The second kappa shape index (κ2) is 5.08. The molecule has 4 N–H and O–H groups in total. The summed E-state index contributed by atoms with van der Waals surface area (Å²) in [7, 11) is 0. The van der Waals surface area contributed by atoms with Gasteiger partial charge in [-0.15, -0.1) is 0 Å². The third-order valence-electron chi connectivity index (χ3n) is 3.48. The predicted octanol–water partition coefficient (Wildman–Crippen LogP) is 0.669. The minimum absolute atomic E-state index is 0.141. The molecule has 0 radical (unpaired) electrons. The van der Waals surface area contributed by atoms with Crippen LogP contribution in [0.1, 0.15) is 12.5 Å². The van der Waals surface area contributed by atoms with Gasteiger partial charge in [0.25, 0.3) is 0 Å². The van der Waals surface area contributed by atoms with Crippen LogP contribution < -0.4 is 11.1 Å². The maximum Gasteiger partial charge on any atom is 0.221 e. The van der Waals surface area contributed by atoms with Crippen molar-refractivity contribution in [3.8, 4) is 0 Å². The number of alkyl halides is 1. The van der Waals surface area contributed by atoms with Crippen molar-refractivity contribution in [2.75, 3.05) is 25.1 Å². The van der Waals surface area contributed by atoms with Crippen LogP contribution in [0.25, 0.3) is 0 Å². The minimum atomic E-state index is -2.28. The number of nitrogens with one attached hydrogen (secondary N) is 1. The van der Waals surface area contributed by atoms with Crippen molar-refractivity contribution in [1.82, 2.24) is 0 Å². The van der Waals surface area contributed by atoms with Crippen LogP contribution in [0.15, 0.2) is 18.2 Å². The van der Waals surface area contributed by atoms with Gasteiger partial charge in [-0.2, -0.15) is 0 Å². The van der Waals surface area contributed by atoms with Gasteiger partial charge in [0.2, 0.25) is 5.91 Å². The van der Waals surface area contributed by atoms with E-state index in [1.54, 1.807) is 0 Å². The van der Waals surface area contributed by atoms with Crippen molar-refractivity contribution < 1.29 is 23.4 Å². The Balaban J connectivity index is 2.48. The summed E-state index contributed by atoms with van der Waals surface area (Å²) in [5.41, 5.74) is 2.03. The lowest BCUT2D eigenvalue weighted by Crippen LogP contribution is -2.57. The first-order chi connectivity index (χ1) is 9.32. The number of anilines is 1. The van der Waals surface area contributed by atoms with Crippen molar-refractivity contribution in [2.45, 2.75) is 18.1 Å². The Labute approximate surface area is 114 Å². The van der Waals surface area contributed by atoms with Gasteiger partial charge in [-0.05, 0) is 18.2 Å². The highest BCUT2D eigenvalue weighted by molar-refractivity contribution is 5.88. The summed E-state index contributed by atoms with van der Waals surface area (Å²) >= 11 is 0. The van der Waals surface area contributed by atoms with Crippen LogP contribution in [-0.2, 0) is 15.1 Å². The van der Waals surface area contributed by atoms with E-state index in [-0.39, 0.29) is 18.1 Å². The summed E-state index contributed by atoms with van der Waals surface area (Å²) in [4.78, 5) is 11.0. The number of nitrogens with two attached hydrogens (primary N) is 1. The SMILES string of the molecule is CC(=O)Nc1ccc(F)c([C@@]2(N)COC[C@@]2(F)CO)c1. The van der Waals surface area contributed by atoms with Crippen LogP contribution in [0.3, 0.4) is 0 Å². The van der Waals surface area contributed by atoms with Gasteiger partial charge in [-0.1, -0.05) is 0 Å². The Morgan fingerprint density at radius 2 is 2.25 bits per heavy atom. The number of aliphatic hydroxyl groups excluding tert-OH is 1. The monoisotopic (exact) mass is 286 g/mol. The van der Waals surface area contributed by atoms with Crippen molar-refractivity contribution >= 4 is 11.6 Å². The molecule has 1 aromatic carbocycles. The second-order valence-corrected chi connectivity index (χ2v) is 4.96. The lowest BCUT2D eigenvalue weighted by Gasteiger charge is -2.34. The zero-order valence-electron chi connectivity index (χ0n) is 11.0. The van der Waals surface area contributed by atoms with Crippen LogP contribution >= 0.6 is 0 Å². The highest BCUT2D eigenvalue weighted by Gasteiger charge is 2.56. The lowest BCUT2D eigenvalue weighted by molar-refractivity contribution is -0.114. The number of amides is 1. The van der Waals surface area contributed by atoms with E-state index >= 15 is 0 Å². The highest BCUT2D eigenvalue weighted by atomic mass is 19.1. The molecule has 2 rings (SSSR count). The molecule has 1 amide bonds. The van der Waals surface area contributed by atoms with E-state index in [0.717, 1.165) is 6.07 Å². The van der Waals surface area contributed by atoms with Gasteiger partial charge in [0.1, 0.15) is 11.4 Å². The molecular weight excluding hydrogens is 270 g/mol. The number of benzene rings is 1.